The molecule has 3 rings (SSSR count). The van der Waals surface area contributed by atoms with Gasteiger partial charge >= 0.3 is 0 Å². The number of pyridine rings is 1. The Morgan fingerprint density at radius 1 is 1.29 bits per heavy atom. The largest absolute Gasteiger partial charge is 0.395 e. The minimum absolute atomic E-state index is 0.197. The Morgan fingerprint density at radius 2 is 2.10 bits per heavy atom. The van der Waals surface area contributed by atoms with Crippen molar-refractivity contribution in [2.75, 3.05) is 13.2 Å². The van der Waals surface area contributed by atoms with Gasteiger partial charge in [-0.15, -0.1) is 0 Å². The van der Waals surface area contributed by atoms with Crippen molar-refractivity contribution in [2.24, 2.45) is 0 Å². The van der Waals surface area contributed by atoms with Gasteiger partial charge in [-0.05, 0) is 11.6 Å². The number of fused-ring (bicyclic) bond motifs is 1. The lowest BCUT2D eigenvalue weighted by Crippen LogP contribution is -2.38. The Hall–Kier alpha value is -1.24. The summed E-state index contributed by atoms with van der Waals surface area (Å²) in [5, 5.41) is 30.6. The first-order valence-electron chi connectivity index (χ1n) is 6.85. The normalized spacial score (nSPS) is 26.6. The van der Waals surface area contributed by atoms with Crippen LogP contribution in [-0.4, -0.2) is 56.6 Å². The molecular weight excluding hydrogens is 292 g/mol. The molecule has 1 aliphatic rings. The summed E-state index contributed by atoms with van der Waals surface area (Å²) >= 11 is 6.17. The molecule has 6 heteroatoms. The molecule has 1 aliphatic heterocycles. The van der Waals surface area contributed by atoms with Crippen LogP contribution in [0.25, 0.3) is 10.9 Å². The third-order valence-electron chi connectivity index (χ3n) is 4.04. The molecule has 0 spiro atoms. The Balaban J connectivity index is 1.94. The van der Waals surface area contributed by atoms with Gasteiger partial charge in [0.1, 0.15) is 0 Å². The highest BCUT2D eigenvalue weighted by Crippen LogP contribution is 2.27. The van der Waals surface area contributed by atoms with Gasteiger partial charge in [0.15, 0.2) is 0 Å². The lowest BCUT2D eigenvalue weighted by atomic mass is 10.1. The topological polar surface area (TPSA) is 76.8 Å². The molecule has 0 saturated carbocycles. The van der Waals surface area contributed by atoms with Gasteiger partial charge in [0, 0.05) is 24.7 Å². The summed E-state index contributed by atoms with van der Waals surface area (Å²) in [4.78, 5) is 6.24. The molecule has 2 heterocycles. The summed E-state index contributed by atoms with van der Waals surface area (Å²) < 4.78 is 0. The SMILES string of the molecule is OC[C@@H]1[C@@H](O)[C@@H](O)CN1Cc1cccc2c(Cl)ccnc12. The highest BCUT2D eigenvalue weighted by Gasteiger charge is 2.39. The summed E-state index contributed by atoms with van der Waals surface area (Å²) in [5.74, 6) is 0. The van der Waals surface area contributed by atoms with Crippen LogP contribution in [0.2, 0.25) is 5.02 Å². The standard InChI is InChI=1S/C15H17ClN2O3/c16-11-4-5-17-14-9(2-1-3-10(11)14)6-18-7-13(20)15(21)12(18)8-19/h1-5,12-13,15,19-21H,6-8H2/t12-,13+,15-/m1/s1. The maximum atomic E-state index is 9.87. The molecule has 0 unspecified atom stereocenters. The summed E-state index contributed by atoms with van der Waals surface area (Å²) in [6.45, 7) is 0.616. The van der Waals surface area contributed by atoms with Crippen LogP contribution in [0.1, 0.15) is 5.56 Å². The molecule has 1 aromatic heterocycles. The van der Waals surface area contributed by atoms with Crippen molar-refractivity contribution < 1.29 is 15.3 Å². The van der Waals surface area contributed by atoms with Gasteiger partial charge in [-0.25, -0.2) is 0 Å². The number of aromatic nitrogens is 1. The van der Waals surface area contributed by atoms with E-state index in [1.165, 1.54) is 0 Å². The van der Waals surface area contributed by atoms with E-state index in [4.69, 9.17) is 11.6 Å². The number of likely N-dealkylation sites (tertiary alicyclic amines) is 1. The van der Waals surface area contributed by atoms with Crippen LogP contribution in [-0.2, 0) is 6.54 Å². The molecular formula is C15H17ClN2O3. The molecule has 3 N–H and O–H groups in total. The predicted molar refractivity (Wildman–Crippen MR) is 80.1 cm³/mol. The van der Waals surface area contributed by atoms with E-state index in [9.17, 15) is 15.3 Å². The van der Waals surface area contributed by atoms with Crippen LogP contribution in [0.3, 0.4) is 0 Å². The fraction of sp³-hybridized carbons (Fsp3) is 0.400. The number of aliphatic hydroxyl groups is 3. The van der Waals surface area contributed by atoms with E-state index in [0.29, 0.717) is 18.1 Å². The van der Waals surface area contributed by atoms with Crippen molar-refractivity contribution in [1.82, 2.24) is 9.88 Å². The van der Waals surface area contributed by atoms with Crippen molar-refractivity contribution in [3.8, 4) is 0 Å². The number of benzene rings is 1. The molecule has 3 atom stereocenters. The number of nitrogens with zero attached hydrogens (tertiary/aromatic N) is 2. The van der Waals surface area contributed by atoms with Crippen LogP contribution in [0.5, 0.6) is 0 Å². The Morgan fingerprint density at radius 3 is 2.86 bits per heavy atom. The second kappa shape index (κ2) is 5.87. The lowest BCUT2D eigenvalue weighted by molar-refractivity contribution is 0.0210. The van der Waals surface area contributed by atoms with Gasteiger partial charge in [0.2, 0.25) is 0 Å². The maximum Gasteiger partial charge on any atom is 0.0988 e. The first kappa shape index (κ1) is 14.7. The maximum absolute atomic E-state index is 9.87. The first-order valence-corrected chi connectivity index (χ1v) is 7.22. The van der Waals surface area contributed by atoms with E-state index in [2.05, 4.69) is 4.98 Å². The average molecular weight is 309 g/mol. The number of rotatable bonds is 3. The third-order valence-corrected chi connectivity index (χ3v) is 4.37. The summed E-state index contributed by atoms with van der Waals surface area (Å²) in [5.41, 5.74) is 1.76. The van der Waals surface area contributed by atoms with Crippen LogP contribution in [0, 0.1) is 0 Å². The third kappa shape index (κ3) is 2.63. The summed E-state index contributed by atoms with van der Waals surface area (Å²) in [6.07, 6.45) is -0.110. The Labute approximate surface area is 127 Å². The molecule has 0 radical (unpaired) electrons. The van der Waals surface area contributed by atoms with Crippen molar-refractivity contribution in [1.29, 1.82) is 0 Å². The Bertz CT molecular complexity index is 652. The summed E-state index contributed by atoms with van der Waals surface area (Å²) in [7, 11) is 0. The van der Waals surface area contributed by atoms with E-state index < -0.39 is 18.2 Å². The zero-order chi connectivity index (χ0) is 15.0. The zero-order valence-electron chi connectivity index (χ0n) is 11.4. The van der Waals surface area contributed by atoms with Crippen LogP contribution in [0.4, 0.5) is 0 Å². The van der Waals surface area contributed by atoms with Crippen molar-refractivity contribution in [3.05, 3.63) is 41.0 Å². The van der Waals surface area contributed by atoms with Gasteiger partial charge in [-0.3, -0.25) is 9.88 Å². The molecule has 1 aromatic carbocycles. The quantitative estimate of drug-likeness (QED) is 0.781. The molecule has 1 saturated heterocycles. The second-order valence-corrected chi connectivity index (χ2v) is 5.75. The minimum Gasteiger partial charge on any atom is -0.395 e. The van der Waals surface area contributed by atoms with E-state index in [0.717, 1.165) is 16.5 Å². The predicted octanol–water partition coefficient (Wildman–Crippen LogP) is 0.786. The van der Waals surface area contributed by atoms with E-state index in [-0.39, 0.29) is 6.61 Å². The Kier molecular flexibility index (Phi) is 4.10. The van der Waals surface area contributed by atoms with Gasteiger partial charge in [0.25, 0.3) is 0 Å². The van der Waals surface area contributed by atoms with Crippen LogP contribution >= 0.6 is 11.6 Å². The highest BCUT2D eigenvalue weighted by atomic mass is 35.5. The van der Waals surface area contributed by atoms with Gasteiger partial charge in [0.05, 0.1) is 35.4 Å². The zero-order valence-corrected chi connectivity index (χ0v) is 12.1. The number of hydrogen-bond acceptors (Lipinski definition) is 5. The van der Waals surface area contributed by atoms with E-state index >= 15 is 0 Å². The number of aliphatic hydroxyl groups excluding tert-OH is 3. The van der Waals surface area contributed by atoms with E-state index in [1.54, 1.807) is 12.3 Å². The van der Waals surface area contributed by atoms with Gasteiger partial charge < -0.3 is 15.3 Å². The average Bonchev–Trinajstić information content (AvgIpc) is 2.74. The molecule has 2 aromatic rings. The molecule has 0 aliphatic carbocycles. The number of hydrogen-bond donors (Lipinski definition) is 3. The summed E-state index contributed by atoms with van der Waals surface area (Å²) in [6, 6.07) is 7.03. The first-order chi connectivity index (χ1) is 10.1. The smallest absolute Gasteiger partial charge is 0.0988 e. The van der Waals surface area contributed by atoms with Crippen molar-refractivity contribution in [2.45, 2.75) is 24.8 Å². The van der Waals surface area contributed by atoms with Gasteiger partial charge in [-0.2, -0.15) is 0 Å². The van der Waals surface area contributed by atoms with Crippen LogP contribution < -0.4 is 0 Å². The van der Waals surface area contributed by atoms with E-state index in [1.807, 2.05) is 23.1 Å². The molecule has 0 bridgehead atoms. The molecule has 0 amide bonds. The van der Waals surface area contributed by atoms with Crippen molar-refractivity contribution >= 4 is 22.5 Å². The monoisotopic (exact) mass is 308 g/mol. The number of para-hydroxylation sites is 1. The number of halogens is 1. The molecule has 21 heavy (non-hydrogen) atoms. The van der Waals surface area contributed by atoms with Crippen molar-refractivity contribution in [3.63, 3.8) is 0 Å². The van der Waals surface area contributed by atoms with Crippen LogP contribution in [0.15, 0.2) is 30.5 Å². The number of β-amino-alcohol motifs (C(OH)–C–C–N with tert-alkyl or cyclic N) is 1. The fourth-order valence-electron chi connectivity index (χ4n) is 2.91. The van der Waals surface area contributed by atoms with Gasteiger partial charge in [-0.1, -0.05) is 29.8 Å². The highest BCUT2D eigenvalue weighted by molar-refractivity contribution is 6.35. The lowest BCUT2D eigenvalue weighted by Gasteiger charge is -2.24. The fourth-order valence-corrected chi connectivity index (χ4v) is 3.12. The minimum atomic E-state index is -0.929. The molecule has 5 nitrogen and oxygen atoms in total. The molecule has 1 fully saturated rings. The second-order valence-electron chi connectivity index (χ2n) is 5.34. The molecule has 112 valence electrons.